The molecule has 6 nitrogen and oxygen atoms in total. The molecule has 146 valence electrons. The van der Waals surface area contributed by atoms with Gasteiger partial charge in [-0.25, -0.2) is 4.98 Å². The first-order chi connectivity index (χ1) is 13.2. The summed E-state index contributed by atoms with van der Waals surface area (Å²) in [5.74, 6) is 0.873. The highest BCUT2D eigenvalue weighted by atomic mass is 32.1. The molecule has 1 aromatic carbocycles. The molecule has 1 amide bonds. The SMILES string of the molecule is CCCC(=O)Nc1nc(-c2ccc(OCCN3CCOCC3)cc2)c(C)s1. The smallest absolute Gasteiger partial charge is 0.226 e. The molecule has 0 spiro atoms. The van der Waals surface area contributed by atoms with E-state index in [9.17, 15) is 4.79 Å². The van der Waals surface area contributed by atoms with Gasteiger partial charge in [0.05, 0.1) is 18.9 Å². The average molecular weight is 390 g/mol. The van der Waals surface area contributed by atoms with Crippen LogP contribution < -0.4 is 10.1 Å². The van der Waals surface area contributed by atoms with Gasteiger partial charge in [0.15, 0.2) is 5.13 Å². The molecule has 2 aromatic rings. The molecule has 1 aliphatic heterocycles. The van der Waals surface area contributed by atoms with Crippen molar-refractivity contribution in [3.8, 4) is 17.0 Å². The van der Waals surface area contributed by atoms with E-state index in [1.54, 1.807) is 0 Å². The van der Waals surface area contributed by atoms with Gasteiger partial charge in [-0.15, -0.1) is 11.3 Å². The van der Waals surface area contributed by atoms with Crippen molar-refractivity contribution < 1.29 is 14.3 Å². The number of aryl methyl sites for hydroxylation is 1. The lowest BCUT2D eigenvalue weighted by molar-refractivity contribution is -0.116. The molecule has 1 fully saturated rings. The standard InChI is InChI=1S/C20H27N3O3S/c1-3-4-18(24)21-20-22-19(15(2)27-20)16-5-7-17(8-6-16)26-14-11-23-9-12-25-13-10-23/h5-8H,3-4,9-14H2,1-2H3,(H,21,22,24). The number of thiazole rings is 1. The molecular weight excluding hydrogens is 362 g/mol. The van der Waals surface area contributed by atoms with Crippen molar-refractivity contribution in [1.29, 1.82) is 0 Å². The van der Waals surface area contributed by atoms with Crippen LogP contribution in [0.15, 0.2) is 24.3 Å². The van der Waals surface area contributed by atoms with Crippen molar-refractivity contribution in [2.75, 3.05) is 44.8 Å². The summed E-state index contributed by atoms with van der Waals surface area (Å²) in [7, 11) is 0. The molecule has 0 aliphatic carbocycles. The van der Waals surface area contributed by atoms with Crippen molar-refractivity contribution in [2.24, 2.45) is 0 Å². The van der Waals surface area contributed by atoms with Gasteiger partial charge in [-0.2, -0.15) is 0 Å². The minimum atomic E-state index is 0.0156. The predicted molar refractivity (Wildman–Crippen MR) is 109 cm³/mol. The van der Waals surface area contributed by atoms with Gasteiger partial charge in [0.1, 0.15) is 12.4 Å². The fourth-order valence-electron chi connectivity index (χ4n) is 2.95. The maximum Gasteiger partial charge on any atom is 0.226 e. The Morgan fingerprint density at radius 1 is 1.30 bits per heavy atom. The fourth-order valence-corrected chi connectivity index (χ4v) is 3.80. The van der Waals surface area contributed by atoms with Crippen LogP contribution in [0.4, 0.5) is 5.13 Å². The molecule has 0 radical (unpaired) electrons. The first-order valence-electron chi connectivity index (χ1n) is 9.46. The van der Waals surface area contributed by atoms with Crippen LogP contribution in [0.25, 0.3) is 11.3 Å². The van der Waals surface area contributed by atoms with E-state index in [2.05, 4.69) is 15.2 Å². The van der Waals surface area contributed by atoms with E-state index in [1.807, 2.05) is 38.1 Å². The Labute approximate surface area is 164 Å². The Kier molecular flexibility index (Phi) is 7.20. The van der Waals surface area contributed by atoms with E-state index in [0.29, 0.717) is 18.2 Å². The lowest BCUT2D eigenvalue weighted by Crippen LogP contribution is -2.38. The van der Waals surface area contributed by atoms with Crippen LogP contribution in [-0.4, -0.2) is 55.2 Å². The van der Waals surface area contributed by atoms with Gasteiger partial charge in [0.2, 0.25) is 5.91 Å². The summed E-state index contributed by atoms with van der Waals surface area (Å²) in [5, 5.41) is 3.53. The van der Waals surface area contributed by atoms with Crippen LogP contribution in [0.1, 0.15) is 24.6 Å². The van der Waals surface area contributed by atoms with Crippen molar-refractivity contribution in [2.45, 2.75) is 26.7 Å². The monoisotopic (exact) mass is 389 g/mol. The van der Waals surface area contributed by atoms with Gasteiger partial charge in [-0.1, -0.05) is 6.92 Å². The number of aromatic nitrogens is 1. The van der Waals surface area contributed by atoms with Crippen LogP contribution in [0.3, 0.4) is 0 Å². The van der Waals surface area contributed by atoms with Crippen molar-refractivity contribution >= 4 is 22.4 Å². The summed E-state index contributed by atoms with van der Waals surface area (Å²) in [6, 6.07) is 7.99. The Morgan fingerprint density at radius 3 is 2.74 bits per heavy atom. The Bertz CT molecular complexity index is 739. The molecule has 2 heterocycles. The number of amides is 1. The van der Waals surface area contributed by atoms with Crippen molar-refractivity contribution in [1.82, 2.24) is 9.88 Å². The second-order valence-corrected chi connectivity index (χ2v) is 7.75. The number of carbonyl (C=O) groups is 1. The zero-order valence-electron chi connectivity index (χ0n) is 16.0. The summed E-state index contributed by atoms with van der Waals surface area (Å²) in [5.41, 5.74) is 1.94. The summed E-state index contributed by atoms with van der Waals surface area (Å²) >= 11 is 1.51. The van der Waals surface area contributed by atoms with E-state index in [0.717, 1.165) is 61.2 Å². The molecular formula is C20H27N3O3S. The molecule has 0 unspecified atom stereocenters. The van der Waals surface area contributed by atoms with E-state index in [1.165, 1.54) is 11.3 Å². The number of rotatable bonds is 8. The van der Waals surface area contributed by atoms with Crippen LogP contribution >= 0.6 is 11.3 Å². The van der Waals surface area contributed by atoms with Crippen LogP contribution in [0, 0.1) is 6.92 Å². The summed E-state index contributed by atoms with van der Waals surface area (Å²) in [6.45, 7) is 9.16. The van der Waals surface area contributed by atoms with Crippen molar-refractivity contribution in [3.05, 3.63) is 29.1 Å². The number of carbonyl (C=O) groups excluding carboxylic acids is 1. The van der Waals surface area contributed by atoms with Gasteiger partial charge in [-0.3, -0.25) is 9.69 Å². The summed E-state index contributed by atoms with van der Waals surface area (Å²) in [6.07, 6.45) is 1.35. The highest BCUT2D eigenvalue weighted by Gasteiger charge is 2.12. The van der Waals surface area contributed by atoms with Crippen LogP contribution in [0.2, 0.25) is 0 Å². The molecule has 7 heteroatoms. The Morgan fingerprint density at radius 2 is 2.04 bits per heavy atom. The number of morpholine rings is 1. The van der Waals surface area contributed by atoms with E-state index in [-0.39, 0.29) is 5.91 Å². The number of hydrogen-bond donors (Lipinski definition) is 1. The topological polar surface area (TPSA) is 63.7 Å². The summed E-state index contributed by atoms with van der Waals surface area (Å²) in [4.78, 5) is 19.8. The van der Waals surface area contributed by atoms with Gasteiger partial charge < -0.3 is 14.8 Å². The van der Waals surface area contributed by atoms with E-state index in [4.69, 9.17) is 9.47 Å². The molecule has 0 saturated carbocycles. The molecule has 0 atom stereocenters. The quantitative estimate of drug-likeness (QED) is 0.748. The second-order valence-electron chi connectivity index (χ2n) is 6.55. The number of nitrogens with zero attached hydrogens (tertiary/aromatic N) is 2. The number of anilines is 1. The lowest BCUT2D eigenvalue weighted by atomic mass is 10.1. The van der Waals surface area contributed by atoms with Crippen molar-refractivity contribution in [3.63, 3.8) is 0 Å². The normalized spacial score (nSPS) is 14.9. The zero-order chi connectivity index (χ0) is 19.1. The van der Waals surface area contributed by atoms with Crippen LogP contribution in [0.5, 0.6) is 5.75 Å². The van der Waals surface area contributed by atoms with Gasteiger partial charge >= 0.3 is 0 Å². The molecule has 1 aromatic heterocycles. The molecule has 1 aliphatic rings. The highest BCUT2D eigenvalue weighted by Crippen LogP contribution is 2.31. The lowest BCUT2D eigenvalue weighted by Gasteiger charge is -2.26. The maximum atomic E-state index is 11.8. The van der Waals surface area contributed by atoms with Gasteiger partial charge in [0.25, 0.3) is 0 Å². The molecule has 1 N–H and O–H groups in total. The first-order valence-corrected chi connectivity index (χ1v) is 10.3. The largest absolute Gasteiger partial charge is 0.492 e. The number of benzene rings is 1. The maximum absolute atomic E-state index is 11.8. The first kappa shape index (κ1) is 19.8. The van der Waals surface area contributed by atoms with Gasteiger partial charge in [-0.05, 0) is 37.6 Å². The van der Waals surface area contributed by atoms with Gasteiger partial charge in [0, 0.05) is 36.5 Å². The molecule has 3 rings (SSSR count). The third-order valence-electron chi connectivity index (χ3n) is 4.43. The minimum Gasteiger partial charge on any atom is -0.492 e. The average Bonchev–Trinajstić information content (AvgIpc) is 3.03. The van der Waals surface area contributed by atoms with Crippen LogP contribution in [-0.2, 0) is 9.53 Å². The molecule has 1 saturated heterocycles. The fraction of sp³-hybridized carbons (Fsp3) is 0.500. The number of nitrogens with one attached hydrogen (secondary N) is 1. The predicted octanol–water partition coefficient (Wildman–Crippen LogP) is 3.57. The highest BCUT2D eigenvalue weighted by molar-refractivity contribution is 7.16. The minimum absolute atomic E-state index is 0.0156. The Balaban J connectivity index is 1.55. The van der Waals surface area contributed by atoms with E-state index < -0.39 is 0 Å². The zero-order valence-corrected chi connectivity index (χ0v) is 16.8. The van der Waals surface area contributed by atoms with E-state index >= 15 is 0 Å². The third kappa shape index (κ3) is 5.76. The number of ether oxygens (including phenoxy) is 2. The number of hydrogen-bond acceptors (Lipinski definition) is 6. The molecule has 0 bridgehead atoms. The molecule has 27 heavy (non-hydrogen) atoms. The Hall–Kier alpha value is -1.96. The summed E-state index contributed by atoms with van der Waals surface area (Å²) < 4.78 is 11.2. The third-order valence-corrected chi connectivity index (χ3v) is 5.31. The second kappa shape index (κ2) is 9.82.